The third-order valence-electron chi connectivity index (χ3n) is 4.13. The number of aryl methyl sites for hydroxylation is 1. The average Bonchev–Trinajstić information content (AvgIpc) is 2.83. The Balaban J connectivity index is 2.28. The number of carbonyl (C=O) groups excluding carboxylic acids is 1. The number of rotatable bonds is 3. The van der Waals surface area contributed by atoms with Gasteiger partial charge in [0.05, 0.1) is 11.1 Å². The summed E-state index contributed by atoms with van der Waals surface area (Å²) in [5.74, 6) is 0.239. The predicted octanol–water partition coefficient (Wildman–Crippen LogP) is 3.27. The summed E-state index contributed by atoms with van der Waals surface area (Å²) < 4.78 is 0. The summed E-state index contributed by atoms with van der Waals surface area (Å²) in [7, 11) is 0. The quantitative estimate of drug-likeness (QED) is 0.842. The van der Waals surface area contributed by atoms with E-state index in [-0.39, 0.29) is 17.0 Å². The number of hydrogen-bond acceptors (Lipinski definition) is 3. The normalized spacial score (nSPS) is 22.3. The van der Waals surface area contributed by atoms with E-state index in [1.807, 2.05) is 6.92 Å². The Hall–Kier alpha value is -0.840. The zero-order chi connectivity index (χ0) is 14.9. The molecular formula is C14H19Cl2N3O. The lowest BCUT2D eigenvalue weighted by molar-refractivity contribution is -0.126. The van der Waals surface area contributed by atoms with E-state index in [0.717, 1.165) is 18.5 Å². The van der Waals surface area contributed by atoms with Crippen LogP contribution in [0, 0.1) is 18.3 Å². The van der Waals surface area contributed by atoms with Gasteiger partial charge < -0.3 is 10.6 Å². The number of halogens is 2. The Kier molecular flexibility index (Phi) is 4.57. The van der Waals surface area contributed by atoms with Gasteiger partial charge in [-0.15, -0.1) is 0 Å². The summed E-state index contributed by atoms with van der Waals surface area (Å²) >= 11 is 11.9. The van der Waals surface area contributed by atoms with Gasteiger partial charge >= 0.3 is 0 Å². The molecule has 1 aromatic rings. The second-order valence-corrected chi connectivity index (χ2v) is 6.36. The van der Waals surface area contributed by atoms with Crippen LogP contribution in [0.4, 0.5) is 5.69 Å². The molecule has 6 heteroatoms. The molecule has 0 aliphatic carbocycles. The van der Waals surface area contributed by atoms with Crippen molar-refractivity contribution in [3.05, 3.63) is 21.9 Å². The van der Waals surface area contributed by atoms with E-state index in [2.05, 4.69) is 29.5 Å². The number of hydrogen-bond donors (Lipinski definition) is 2. The number of pyridine rings is 1. The van der Waals surface area contributed by atoms with Crippen LogP contribution in [-0.4, -0.2) is 24.0 Å². The van der Waals surface area contributed by atoms with Crippen molar-refractivity contribution in [3.63, 3.8) is 0 Å². The smallest absolute Gasteiger partial charge is 0.232 e. The topological polar surface area (TPSA) is 54.0 Å². The van der Waals surface area contributed by atoms with Crippen molar-refractivity contribution in [3.8, 4) is 0 Å². The summed E-state index contributed by atoms with van der Waals surface area (Å²) in [6, 6.07) is 1.69. The van der Waals surface area contributed by atoms with Crippen LogP contribution in [0.15, 0.2) is 6.07 Å². The molecule has 1 fully saturated rings. The lowest BCUT2D eigenvalue weighted by atomic mass is 9.75. The largest absolute Gasteiger partial charge is 0.323 e. The van der Waals surface area contributed by atoms with Gasteiger partial charge in [0.15, 0.2) is 5.15 Å². The fraction of sp³-hybridized carbons (Fsp3) is 0.571. The van der Waals surface area contributed by atoms with Crippen LogP contribution in [0.3, 0.4) is 0 Å². The molecule has 0 saturated carbocycles. The van der Waals surface area contributed by atoms with Gasteiger partial charge in [-0.3, -0.25) is 4.79 Å². The highest BCUT2D eigenvalue weighted by atomic mass is 35.5. The molecule has 2 rings (SSSR count). The highest BCUT2D eigenvalue weighted by Gasteiger charge is 2.44. The first-order chi connectivity index (χ1) is 9.36. The zero-order valence-electron chi connectivity index (χ0n) is 11.9. The summed E-state index contributed by atoms with van der Waals surface area (Å²) in [6.45, 7) is 7.54. The molecule has 1 amide bonds. The van der Waals surface area contributed by atoms with E-state index in [4.69, 9.17) is 23.2 Å². The van der Waals surface area contributed by atoms with Gasteiger partial charge in [0.1, 0.15) is 5.15 Å². The second kappa shape index (κ2) is 5.88. The van der Waals surface area contributed by atoms with E-state index < -0.39 is 5.41 Å². The average molecular weight is 316 g/mol. The molecule has 1 aliphatic rings. The van der Waals surface area contributed by atoms with Crippen molar-refractivity contribution in [2.75, 3.05) is 18.4 Å². The van der Waals surface area contributed by atoms with Crippen LogP contribution in [0.25, 0.3) is 0 Å². The maximum Gasteiger partial charge on any atom is 0.232 e. The summed E-state index contributed by atoms with van der Waals surface area (Å²) in [4.78, 5) is 16.7. The molecule has 20 heavy (non-hydrogen) atoms. The molecule has 2 N–H and O–H groups in total. The molecule has 1 saturated heterocycles. The van der Waals surface area contributed by atoms with Crippen molar-refractivity contribution in [2.45, 2.75) is 27.2 Å². The molecule has 4 nitrogen and oxygen atoms in total. The Labute approximate surface area is 129 Å². The molecule has 1 aliphatic heterocycles. The first-order valence-electron chi connectivity index (χ1n) is 6.71. The van der Waals surface area contributed by atoms with Gasteiger partial charge in [-0.2, -0.15) is 0 Å². The Morgan fingerprint density at radius 3 is 2.70 bits per heavy atom. The van der Waals surface area contributed by atoms with Gasteiger partial charge in [-0.1, -0.05) is 37.0 Å². The first-order valence-corrected chi connectivity index (χ1v) is 7.47. The van der Waals surface area contributed by atoms with Crippen molar-refractivity contribution in [1.82, 2.24) is 10.3 Å². The zero-order valence-corrected chi connectivity index (χ0v) is 13.4. The number of nitrogens with one attached hydrogen (secondary N) is 2. The van der Waals surface area contributed by atoms with Gasteiger partial charge in [0, 0.05) is 6.54 Å². The summed E-state index contributed by atoms with van der Waals surface area (Å²) in [5.41, 5.74) is 0.969. The molecule has 0 aromatic carbocycles. The highest BCUT2D eigenvalue weighted by Crippen LogP contribution is 2.36. The monoisotopic (exact) mass is 315 g/mol. The summed E-state index contributed by atoms with van der Waals surface area (Å²) in [6.07, 6.45) is 0.828. The fourth-order valence-corrected chi connectivity index (χ4v) is 3.22. The van der Waals surface area contributed by atoms with Crippen molar-refractivity contribution in [1.29, 1.82) is 0 Å². The number of amides is 1. The van der Waals surface area contributed by atoms with E-state index >= 15 is 0 Å². The molecule has 0 bridgehead atoms. The minimum absolute atomic E-state index is 0.00776. The van der Waals surface area contributed by atoms with Crippen LogP contribution >= 0.6 is 23.2 Å². The van der Waals surface area contributed by atoms with Crippen LogP contribution in [-0.2, 0) is 4.79 Å². The van der Waals surface area contributed by atoms with Crippen molar-refractivity contribution < 1.29 is 4.79 Å². The van der Waals surface area contributed by atoms with E-state index in [1.165, 1.54) is 0 Å². The number of carbonyl (C=O) groups is 1. The molecule has 2 heterocycles. The third kappa shape index (κ3) is 2.78. The lowest BCUT2D eigenvalue weighted by Crippen LogP contribution is -2.42. The molecule has 110 valence electrons. The summed E-state index contributed by atoms with van der Waals surface area (Å²) in [5, 5.41) is 6.76. The number of nitrogens with zero attached hydrogens (tertiary/aromatic N) is 1. The Morgan fingerprint density at radius 1 is 1.50 bits per heavy atom. The first kappa shape index (κ1) is 15.5. The van der Waals surface area contributed by atoms with Gasteiger partial charge in [0.25, 0.3) is 0 Å². The van der Waals surface area contributed by atoms with E-state index in [9.17, 15) is 4.79 Å². The molecule has 1 atom stereocenters. The van der Waals surface area contributed by atoms with E-state index in [1.54, 1.807) is 6.07 Å². The predicted molar refractivity (Wildman–Crippen MR) is 82.4 cm³/mol. The minimum Gasteiger partial charge on any atom is -0.323 e. The molecular weight excluding hydrogens is 297 g/mol. The Bertz CT molecular complexity index is 502. The molecule has 1 aromatic heterocycles. The number of anilines is 1. The Morgan fingerprint density at radius 2 is 2.20 bits per heavy atom. The SMILES string of the molecule is Cc1cc(Cl)nc(Cl)c1NC(=O)C1(C(C)C)CCNC1. The third-order valence-corrected chi connectivity index (χ3v) is 4.59. The molecule has 1 unspecified atom stereocenters. The minimum atomic E-state index is -0.393. The maximum absolute atomic E-state index is 12.7. The number of aromatic nitrogens is 1. The van der Waals surface area contributed by atoms with Crippen LogP contribution in [0.1, 0.15) is 25.8 Å². The van der Waals surface area contributed by atoms with Crippen molar-refractivity contribution >= 4 is 34.8 Å². The fourth-order valence-electron chi connectivity index (χ4n) is 2.64. The van der Waals surface area contributed by atoms with E-state index in [0.29, 0.717) is 17.4 Å². The van der Waals surface area contributed by atoms with Gasteiger partial charge in [-0.25, -0.2) is 4.98 Å². The standard InChI is InChI=1S/C14H19Cl2N3O/c1-8(2)14(4-5-17-7-14)13(20)19-11-9(3)6-10(15)18-12(11)16/h6,8,17H,4-5,7H2,1-3H3,(H,19,20). The second-order valence-electron chi connectivity index (χ2n) is 5.62. The van der Waals surface area contributed by atoms with Crippen LogP contribution < -0.4 is 10.6 Å². The van der Waals surface area contributed by atoms with Gasteiger partial charge in [-0.05, 0) is 37.4 Å². The molecule has 0 spiro atoms. The molecule has 0 radical (unpaired) electrons. The highest BCUT2D eigenvalue weighted by molar-refractivity contribution is 6.34. The van der Waals surface area contributed by atoms with Crippen LogP contribution in [0.5, 0.6) is 0 Å². The van der Waals surface area contributed by atoms with Crippen molar-refractivity contribution in [2.24, 2.45) is 11.3 Å². The maximum atomic E-state index is 12.7. The van der Waals surface area contributed by atoms with Crippen LogP contribution in [0.2, 0.25) is 10.3 Å². The van der Waals surface area contributed by atoms with Gasteiger partial charge in [0.2, 0.25) is 5.91 Å². The lowest BCUT2D eigenvalue weighted by Gasteiger charge is -2.31.